The lowest BCUT2D eigenvalue weighted by atomic mass is 10.0. The number of hydrogen-bond donors (Lipinski definition) is 1. The third kappa shape index (κ3) is 4.08. The van der Waals surface area contributed by atoms with Crippen LogP contribution in [-0.2, 0) is 12.8 Å². The van der Waals surface area contributed by atoms with Crippen molar-refractivity contribution < 1.29 is 0 Å². The van der Waals surface area contributed by atoms with E-state index in [0.717, 1.165) is 23.6 Å². The van der Waals surface area contributed by atoms with Crippen LogP contribution in [0.3, 0.4) is 0 Å². The molecule has 1 heterocycles. The fourth-order valence-corrected chi connectivity index (χ4v) is 2.16. The molecule has 0 radical (unpaired) electrons. The van der Waals surface area contributed by atoms with E-state index in [1.165, 1.54) is 5.56 Å². The standard InChI is InChI=1S/C15H20ClN3/c1-11(2)19-8-7-15(18-19)10-14(17)9-12-3-5-13(16)6-4-12/h3-8,11,14H,9-10,17H2,1-2H3. The predicted octanol–water partition coefficient (Wildman–Crippen LogP) is 3.23. The Hall–Kier alpha value is -1.32. The minimum Gasteiger partial charge on any atom is -0.327 e. The fourth-order valence-electron chi connectivity index (χ4n) is 2.04. The highest BCUT2D eigenvalue weighted by Crippen LogP contribution is 2.12. The summed E-state index contributed by atoms with van der Waals surface area (Å²) in [4.78, 5) is 0. The molecule has 4 heteroatoms. The SMILES string of the molecule is CC(C)n1ccc(CC(N)Cc2ccc(Cl)cc2)n1. The Morgan fingerprint density at radius 2 is 1.84 bits per heavy atom. The van der Waals surface area contributed by atoms with Crippen molar-refractivity contribution in [2.45, 2.75) is 38.8 Å². The van der Waals surface area contributed by atoms with Gasteiger partial charge >= 0.3 is 0 Å². The van der Waals surface area contributed by atoms with Crippen LogP contribution in [-0.4, -0.2) is 15.8 Å². The lowest BCUT2D eigenvalue weighted by Crippen LogP contribution is -2.25. The molecular formula is C15H20ClN3. The Balaban J connectivity index is 1.93. The largest absolute Gasteiger partial charge is 0.327 e. The Bertz CT molecular complexity index is 516. The molecule has 0 saturated carbocycles. The average molecular weight is 278 g/mol. The fraction of sp³-hybridized carbons (Fsp3) is 0.400. The van der Waals surface area contributed by atoms with Crippen LogP contribution in [0.2, 0.25) is 5.02 Å². The third-order valence-corrected chi connectivity index (χ3v) is 3.33. The number of aromatic nitrogens is 2. The maximum Gasteiger partial charge on any atom is 0.0640 e. The van der Waals surface area contributed by atoms with Crippen LogP contribution in [0.4, 0.5) is 0 Å². The third-order valence-electron chi connectivity index (χ3n) is 3.08. The maximum absolute atomic E-state index is 6.18. The second kappa shape index (κ2) is 6.22. The zero-order chi connectivity index (χ0) is 13.8. The summed E-state index contributed by atoms with van der Waals surface area (Å²) in [5.74, 6) is 0. The Kier molecular flexibility index (Phi) is 4.61. The van der Waals surface area contributed by atoms with E-state index in [1.807, 2.05) is 41.2 Å². The molecule has 0 spiro atoms. The first-order chi connectivity index (χ1) is 9.04. The van der Waals surface area contributed by atoms with Crippen molar-refractivity contribution in [1.82, 2.24) is 9.78 Å². The first kappa shape index (κ1) is 14.1. The van der Waals surface area contributed by atoms with Gasteiger partial charge in [0.25, 0.3) is 0 Å². The van der Waals surface area contributed by atoms with E-state index in [4.69, 9.17) is 17.3 Å². The van der Waals surface area contributed by atoms with Gasteiger partial charge in [-0.25, -0.2) is 0 Å². The van der Waals surface area contributed by atoms with Crippen LogP contribution in [0.1, 0.15) is 31.1 Å². The molecule has 0 aliphatic rings. The van der Waals surface area contributed by atoms with Crippen molar-refractivity contribution in [2.75, 3.05) is 0 Å². The van der Waals surface area contributed by atoms with Crippen molar-refractivity contribution in [2.24, 2.45) is 5.73 Å². The highest BCUT2D eigenvalue weighted by Gasteiger charge is 2.09. The molecule has 1 aromatic heterocycles. The van der Waals surface area contributed by atoms with Crippen LogP contribution < -0.4 is 5.73 Å². The smallest absolute Gasteiger partial charge is 0.0640 e. The van der Waals surface area contributed by atoms with E-state index in [2.05, 4.69) is 18.9 Å². The zero-order valence-corrected chi connectivity index (χ0v) is 12.1. The van der Waals surface area contributed by atoms with Gasteiger partial charge in [0.1, 0.15) is 0 Å². The molecule has 0 fully saturated rings. The van der Waals surface area contributed by atoms with Crippen LogP contribution in [0.15, 0.2) is 36.5 Å². The van der Waals surface area contributed by atoms with Crippen molar-refractivity contribution in [1.29, 1.82) is 0 Å². The summed E-state index contributed by atoms with van der Waals surface area (Å²) in [7, 11) is 0. The molecule has 19 heavy (non-hydrogen) atoms. The lowest BCUT2D eigenvalue weighted by Gasteiger charge is -2.10. The van der Waals surface area contributed by atoms with E-state index in [-0.39, 0.29) is 6.04 Å². The molecule has 0 bridgehead atoms. The van der Waals surface area contributed by atoms with E-state index in [9.17, 15) is 0 Å². The molecule has 2 aromatic rings. The molecule has 0 aliphatic heterocycles. The normalized spacial score (nSPS) is 12.9. The topological polar surface area (TPSA) is 43.8 Å². The van der Waals surface area contributed by atoms with Gasteiger partial charge in [-0.2, -0.15) is 5.10 Å². The number of hydrogen-bond acceptors (Lipinski definition) is 2. The molecule has 0 amide bonds. The number of nitrogens with zero attached hydrogens (tertiary/aromatic N) is 2. The van der Waals surface area contributed by atoms with E-state index in [1.54, 1.807) is 0 Å². The van der Waals surface area contributed by atoms with Gasteiger partial charge in [0.2, 0.25) is 0 Å². The minimum absolute atomic E-state index is 0.0803. The van der Waals surface area contributed by atoms with Crippen LogP contribution in [0.5, 0.6) is 0 Å². The number of nitrogens with two attached hydrogens (primary N) is 1. The summed E-state index contributed by atoms with van der Waals surface area (Å²) in [5, 5.41) is 5.28. The molecule has 1 unspecified atom stereocenters. The van der Waals surface area contributed by atoms with Gasteiger partial charge in [-0.05, 0) is 44.0 Å². The van der Waals surface area contributed by atoms with Crippen LogP contribution in [0.25, 0.3) is 0 Å². The van der Waals surface area contributed by atoms with Gasteiger partial charge in [0, 0.05) is 29.7 Å². The Morgan fingerprint density at radius 3 is 2.42 bits per heavy atom. The van der Waals surface area contributed by atoms with Gasteiger partial charge in [-0.15, -0.1) is 0 Å². The maximum atomic E-state index is 6.18. The van der Waals surface area contributed by atoms with Crippen molar-refractivity contribution >= 4 is 11.6 Å². The number of halogens is 1. The molecule has 1 aromatic carbocycles. The quantitative estimate of drug-likeness (QED) is 0.912. The van der Waals surface area contributed by atoms with Crippen LogP contribution >= 0.6 is 11.6 Å². The Labute approximate surface area is 119 Å². The molecule has 0 aliphatic carbocycles. The van der Waals surface area contributed by atoms with Gasteiger partial charge in [0.05, 0.1) is 5.69 Å². The number of rotatable bonds is 5. The van der Waals surface area contributed by atoms with Gasteiger partial charge in [-0.3, -0.25) is 4.68 Å². The summed E-state index contributed by atoms with van der Waals surface area (Å²) in [6, 6.07) is 10.4. The minimum atomic E-state index is 0.0803. The Morgan fingerprint density at radius 1 is 1.16 bits per heavy atom. The summed E-state index contributed by atoms with van der Waals surface area (Å²) in [5.41, 5.74) is 8.44. The predicted molar refractivity (Wildman–Crippen MR) is 79.4 cm³/mol. The van der Waals surface area contributed by atoms with E-state index >= 15 is 0 Å². The lowest BCUT2D eigenvalue weighted by molar-refractivity contribution is 0.521. The second-order valence-corrected chi connectivity index (χ2v) is 5.61. The zero-order valence-electron chi connectivity index (χ0n) is 11.4. The highest BCUT2D eigenvalue weighted by atomic mass is 35.5. The summed E-state index contributed by atoms with van der Waals surface area (Å²) in [6.07, 6.45) is 3.64. The molecule has 1 atom stereocenters. The van der Waals surface area contributed by atoms with Crippen molar-refractivity contribution in [3.63, 3.8) is 0 Å². The molecule has 2 N–H and O–H groups in total. The van der Waals surface area contributed by atoms with E-state index in [0.29, 0.717) is 6.04 Å². The first-order valence-corrected chi connectivity index (χ1v) is 6.96. The van der Waals surface area contributed by atoms with Crippen molar-refractivity contribution in [3.05, 3.63) is 52.8 Å². The van der Waals surface area contributed by atoms with E-state index < -0.39 is 0 Å². The molecule has 0 saturated heterocycles. The summed E-state index contributed by atoms with van der Waals surface area (Å²) < 4.78 is 1.96. The molecule has 3 nitrogen and oxygen atoms in total. The number of benzene rings is 1. The monoisotopic (exact) mass is 277 g/mol. The van der Waals surface area contributed by atoms with Crippen molar-refractivity contribution in [3.8, 4) is 0 Å². The first-order valence-electron chi connectivity index (χ1n) is 6.58. The van der Waals surface area contributed by atoms with Gasteiger partial charge in [0.15, 0.2) is 0 Å². The highest BCUT2D eigenvalue weighted by molar-refractivity contribution is 6.30. The molecule has 2 rings (SSSR count). The molecular weight excluding hydrogens is 258 g/mol. The summed E-state index contributed by atoms with van der Waals surface area (Å²) >= 11 is 5.87. The molecule has 102 valence electrons. The second-order valence-electron chi connectivity index (χ2n) is 5.18. The van der Waals surface area contributed by atoms with Gasteiger partial charge < -0.3 is 5.73 Å². The summed E-state index contributed by atoms with van der Waals surface area (Å²) in [6.45, 7) is 4.23. The van der Waals surface area contributed by atoms with Gasteiger partial charge in [-0.1, -0.05) is 23.7 Å². The van der Waals surface area contributed by atoms with Crippen LogP contribution in [0, 0.1) is 0 Å². The average Bonchev–Trinajstić information content (AvgIpc) is 2.80.